The lowest BCUT2D eigenvalue weighted by molar-refractivity contribution is -0.115. The van der Waals surface area contributed by atoms with Gasteiger partial charge >= 0.3 is 0 Å². The first-order valence-corrected chi connectivity index (χ1v) is 8.24. The van der Waals surface area contributed by atoms with E-state index in [4.69, 9.17) is 5.73 Å². The van der Waals surface area contributed by atoms with Crippen molar-refractivity contribution in [3.8, 4) is 0 Å². The number of fused-ring (bicyclic) bond motifs is 1. The molecule has 0 spiro atoms. The number of imidazole rings is 1. The highest BCUT2D eigenvalue weighted by Crippen LogP contribution is 2.31. The van der Waals surface area contributed by atoms with Gasteiger partial charge in [0, 0.05) is 18.3 Å². The number of nitrogens with one attached hydrogen (secondary N) is 1. The third kappa shape index (κ3) is 3.67. The van der Waals surface area contributed by atoms with Gasteiger partial charge in [-0.15, -0.1) is 12.4 Å². The van der Waals surface area contributed by atoms with Gasteiger partial charge in [0.1, 0.15) is 0 Å². The van der Waals surface area contributed by atoms with E-state index in [1.54, 1.807) is 6.33 Å². The molecule has 1 aliphatic carbocycles. The van der Waals surface area contributed by atoms with E-state index in [0.29, 0.717) is 24.3 Å². The lowest BCUT2D eigenvalue weighted by atomic mass is 9.87. The largest absolute Gasteiger partial charge is 0.332 e. The Hall–Kier alpha value is -2.37. The summed E-state index contributed by atoms with van der Waals surface area (Å²) in [6.45, 7) is 0. The number of benzene rings is 2. The number of anilines is 1. The summed E-state index contributed by atoms with van der Waals surface area (Å²) in [5, 5.41) is 5.15. The van der Waals surface area contributed by atoms with E-state index in [0.717, 1.165) is 29.2 Å². The Morgan fingerprint density at radius 2 is 1.96 bits per heavy atom. The summed E-state index contributed by atoms with van der Waals surface area (Å²) in [5.41, 5.74) is 6.84. The molecule has 2 aromatic carbocycles. The Labute approximate surface area is 152 Å². The van der Waals surface area contributed by atoms with Gasteiger partial charge < -0.3 is 15.6 Å². The first-order chi connectivity index (χ1) is 11.7. The van der Waals surface area contributed by atoms with Crippen molar-refractivity contribution in [2.45, 2.75) is 31.3 Å². The van der Waals surface area contributed by atoms with Crippen LogP contribution in [0.4, 0.5) is 5.82 Å². The fourth-order valence-corrected chi connectivity index (χ4v) is 3.28. The molecule has 25 heavy (non-hydrogen) atoms. The number of rotatable bonds is 4. The standard InChI is InChI=1S/C19H20N4O.ClH/c20-15-9-16(10-15)23-11-18(21-12-23)22-19(24)8-14-6-3-5-13-4-1-2-7-17(13)14;/h1-7,11-12,15-16H,8-10,20H2,(H,22,24);1H/t15-,16+;. The van der Waals surface area contributed by atoms with Crippen LogP contribution in [0.1, 0.15) is 24.4 Å². The Bertz CT molecular complexity index is 881. The van der Waals surface area contributed by atoms with Gasteiger partial charge in [0.05, 0.1) is 12.7 Å². The van der Waals surface area contributed by atoms with Crippen molar-refractivity contribution in [2.24, 2.45) is 5.73 Å². The molecule has 3 aromatic rings. The number of nitrogens with two attached hydrogens (primary N) is 1. The molecule has 6 heteroatoms. The van der Waals surface area contributed by atoms with E-state index in [1.807, 2.05) is 41.1 Å². The fourth-order valence-electron chi connectivity index (χ4n) is 3.28. The predicted molar refractivity (Wildman–Crippen MR) is 102 cm³/mol. The highest BCUT2D eigenvalue weighted by Gasteiger charge is 2.27. The summed E-state index contributed by atoms with van der Waals surface area (Å²) in [5.74, 6) is 0.544. The molecule has 0 unspecified atom stereocenters. The van der Waals surface area contributed by atoms with Crippen molar-refractivity contribution in [1.82, 2.24) is 9.55 Å². The highest BCUT2D eigenvalue weighted by molar-refractivity contribution is 5.95. The average Bonchev–Trinajstić information content (AvgIpc) is 3.00. The average molecular weight is 357 g/mol. The van der Waals surface area contributed by atoms with E-state index < -0.39 is 0 Å². The molecule has 0 bridgehead atoms. The van der Waals surface area contributed by atoms with Gasteiger partial charge in [0.15, 0.2) is 5.82 Å². The van der Waals surface area contributed by atoms with Crippen LogP contribution < -0.4 is 11.1 Å². The molecular weight excluding hydrogens is 336 g/mol. The number of nitrogens with zero attached hydrogens (tertiary/aromatic N) is 2. The fraction of sp³-hybridized carbons (Fsp3) is 0.263. The second-order valence-electron chi connectivity index (χ2n) is 6.45. The minimum Gasteiger partial charge on any atom is -0.332 e. The van der Waals surface area contributed by atoms with Crippen LogP contribution in [0.5, 0.6) is 0 Å². The quantitative estimate of drug-likeness (QED) is 0.753. The molecule has 0 atom stereocenters. The van der Waals surface area contributed by atoms with Crippen molar-refractivity contribution >= 4 is 34.9 Å². The van der Waals surface area contributed by atoms with E-state index in [2.05, 4.69) is 22.4 Å². The molecule has 1 aliphatic rings. The summed E-state index contributed by atoms with van der Waals surface area (Å²) in [6, 6.07) is 14.9. The van der Waals surface area contributed by atoms with Crippen LogP contribution >= 0.6 is 12.4 Å². The molecule has 0 radical (unpaired) electrons. The van der Waals surface area contributed by atoms with Gasteiger partial charge in [-0.3, -0.25) is 4.79 Å². The topological polar surface area (TPSA) is 72.9 Å². The predicted octanol–water partition coefficient (Wildman–Crippen LogP) is 3.30. The Morgan fingerprint density at radius 3 is 2.76 bits per heavy atom. The first kappa shape index (κ1) is 17.5. The number of hydrogen-bond acceptors (Lipinski definition) is 3. The summed E-state index contributed by atoms with van der Waals surface area (Å²) in [4.78, 5) is 16.6. The highest BCUT2D eigenvalue weighted by atomic mass is 35.5. The van der Waals surface area contributed by atoms with Crippen LogP contribution in [-0.2, 0) is 11.2 Å². The van der Waals surface area contributed by atoms with Crippen molar-refractivity contribution < 1.29 is 4.79 Å². The minimum atomic E-state index is -0.0538. The van der Waals surface area contributed by atoms with Crippen LogP contribution in [0.25, 0.3) is 10.8 Å². The summed E-state index contributed by atoms with van der Waals surface area (Å²) < 4.78 is 2.04. The van der Waals surface area contributed by atoms with Gasteiger partial charge in [0.2, 0.25) is 5.91 Å². The molecule has 130 valence electrons. The molecule has 1 heterocycles. The molecule has 1 saturated carbocycles. The molecule has 1 fully saturated rings. The maximum Gasteiger partial charge on any atom is 0.230 e. The lowest BCUT2D eigenvalue weighted by Gasteiger charge is -2.33. The Morgan fingerprint density at radius 1 is 1.20 bits per heavy atom. The Kier molecular flexibility index (Phi) is 5.06. The molecule has 0 aliphatic heterocycles. The van der Waals surface area contributed by atoms with Gasteiger partial charge in [-0.05, 0) is 29.2 Å². The molecule has 3 N–H and O–H groups in total. The third-order valence-electron chi connectivity index (χ3n) is 4.67. The number of amides is 1. The molecular formula is C19H21ClN4O. The van der Waals surface area contributed by atoms with Crippen LogP contribution in [0.15, 0.2) is 55.0 Å². The summed E-state index contributed by atoms with van der Waals surface area (Å²) >= 11 is 0. The zero-order chi connectivity index (χ0) is 16.5. The molecule has 0 saturated heterocycles. The molecule has 1 amide bonds. The number of hydrogen-bond donors (Lipinski definition) is 2. The number of aromatic nitrogens is 2. The van der Waals surface area contributed by atoms with Gasteiger partial charge in [0.25, 0.3) is 0 Å². The monoisotopic (exact) mass is 356 g/mol. The van der Waals surface area contributed by atoms with E-state index in [9.17, 15) is 4.79 Å². The smallest absolute Gasteiger partial charge is 0.230 e. The van der Waals surface area contributed by atoms with Crippen molar-refractivity contribution in [3.05, 3.63) is 60.6 Å². The zero-order valence-electron chi connectivity index (χ0n) is 13.8. The second kappa shape index (κ2) is 7.25. The normalized spacial score (nSPS) is 19.1. The SMILES string of the molecule is Cl.N[C@H]1C[C@@H](n2cnc(NC(=O)Cc3cccc4ccccc34)c2)C1. The van der Waals surface area contributed by atoms with Gasteiger partial charge in [-0.25, -0.2) is 4.98 Å². The van der Waals surface area contributed by atoms with Crippen LogP contribution in [-0.4, -0.2) is 21.5 Å². The molecule has 4 rings (SSSR count). The van der Waals surface area contributed by atoms with Crippen molar-refractivity contribution in [2.75, 3.05) is 5.32 Å². The Balaban J connectivity index is 0.00000182. The van der Waals surface area contributed by atoms with E-state index in [-0.39, 0.29) is 18.3 Å². The first-order valence-electron chi connectivity index (χ1n) is 8.24. The van der Waals surface area contributed by atoms with Crippen molar-refractivity contribution in [1.29, 1.82) is 0 Å². The van der Waals surface area contributed by atoms with Gasteiger partial charge in [-0.1, -0.05) is 42.5 Å². The van der Waals surface area contributed by atoms with Crippen LogP contribution in [0, 0.1) is 0 Å². The summed E-state index contributed by atoms with van der Waals surface area (Å²) in [7, 11) is 0. The number of carbonyl (C=O) groups excluding carboxylic acids is 1. The van der Waals surface area contributed by atoms with Crippen LogP contribution in [0.2, 0.25) is 0 Å². The maximum atomic E-state index is 12.4. The van der Waals surface area contributed by atoms with Crippen LogP contribution in [0.3, 0.4) is 0 Å². The summed E-state index contributed by atoms with van der Waals surface area (Å²) in [6.07, 6.45) is 5.93. The molecule has 1 aromatic heterocycles. The third-order valence-corrected chi connectivity index (χ3v) is 4.67. The van der Waals surface area contributed by atoms with Gasteiger partial charge in [-0.2, -0.15) is 0 Å². The number of carbonyl (C=O) groups is 1. The molecule has 5 nitrogen and oxygen atoms in total. The number of halogens is 1. The lowest BCUT2D eigenvalue weighted by Crippen LogP contribution is -2.37. The van der Waals surface area contributed by atoms with Crippen molar-refractivity contribution in [3.63, 3.8) is 0 Å². The van der Waals surface area contributed by atoms with E-state index >= 15 is 0 Å². The van der Waals surface area contributed by atoms with E-state index in [1.165, 1.54) is 0 Å². The zero-order valence-corrected chi connectivity index (χ0v) is 14.6. The maximum absolute atomic E-state index is 12.4. The second-order valence-corrected chi connectivity index (χ2v) is 6.45. The minimum absolute atomic E-state index is 0.